The maximum absolute atomic E-state index is 12.7. The Kier molecular flexibility index (Phi) is 4.55. The largest absolute Gasteiger partial charge is 0.381 e. The van der Waals surface area contributed by atoms with Gasteiger partial charge in [-0.25, -0.2) is 8.78 Å². The molecule has 1 aliphatic heterocycles. The Morgan fingerprint density at radius 1 is 1.24 bits per heavy atom. The Labute approximate surface area is 124 Å². The van der Waals surface area contributed by atoms with E-state index in [1.54, 1.807) is 12.1 Å². The number of alkyl halides is 2. The lowest BCUT2D eigenvalue weighted by Crippen LogP contribution is -2.44. The van der Waals surface area contributed by atoms with Crippen molar-refractivity contribution in [3.05, 3.63) is 35.4 Å². The third-order valence-electron chi connectivity index (χ3n) is 5.15. The van der Waals surface area contributed by atoms with Crippen LogP contribution < -0.4 is 5.32 Å². The molecule has 1 spiro atoms. The summed E-state index contributed by atoms with van der Waals surface area (Å²) in [6, 6.07) is 7.24. The summed E-state index contributed by atoms with van der Waals surface area (Å²) >= 11 is 0. The molecular formula is C17H23F2NO. The lowest BCUT2D eigenvalue weighted by molar-refractivity contribution is 0.00414. The van der Waals surface area contributed by atoms with Gasteiger partial charge in [0.25, 0.3) is 6.43 Å². The van der Waals surface area contributed by atoms with Gasteiger partial charge in [0.05, 0.1) is 0 Å². The fourth-order valence-corrected chi connectivity index (χ4v) is 3.91. The molecule has 1 aromatic carbocycles. The SMILES string of the molecule is FC(F)c1cccc(CNC2CCCC23CCOCC3)c1. The Morgan fingerprint density at radius 2 is 2.05 bits per heavy atom. The summed E-state index contributed by atoms with van der Waals surface area (Å²) in [5, 5.41) is 3.62. The summed E-state index contributed by atoms with van der Waals surface area (Å²) < 4.78 is 31.0. The van der Waals surface area contributed by atoms with E-state index < -0.39 is 6.43 Å². The van der Waals surface area contributed by atoms with Crippen LogP contribution in [0.15, 0.2) is 24.3 Å². The van der Waals surface area contributed by atoms with E-state index in [0.29, 0.717) is 18.0 Å². The van der Waals surface area contributed by atoms with Crippen molar-refractivity contribution in [1.82, 2.24) is 5.32 Å². The van der Waals surface area contributed by atoms with E-state index in [0.717, 1.165) is 31.6 Å². The molecule has 116 valence electrons. The van der Waals surface area contributed by atoms with Gasteiger partial charge in [0.15, 0.2) is 0 Å². The number of ether oxygens (including phenoxy) is 1. The van der Waals surface area contributed by atoms with Gasteiger partial charge in [-0.05, 0) is 42.7 Å². The third-order valence-corrected chi connectivity index (χ3v) is 5.15. The molecule has 1 heterocycles. The first-order valence-electron chi connectivity index (χ1n) is 7.88. The van der Waals surface area contributed by atoms with Crippen LogP contribution in [0.4, 0.5) is 8.78 Å². The number of benzene rings is 1. The Bertz CT molecular complexity index is 472. The molecular weight excluding hydrogens is 272 g/mol. The van der Waals surface area contributed by atoms with Gasteiger partial charge in [-0.15, -0.1) is 0 Å². The Morgan fingerprint density at radius 3 is 2.81 bits per heavy atom. The molecule has 0 aromatic heterocycles. The topological polar surface area (TPSA) is 21.3 Å². The number of hydrogen-bond donors (Lipinski definition) is 1. The first-order chi connectivity index (χ1) is 10.2. The van der Waals surface area contributed by atoms with E-state index in [1.807, 2.05) is 6.07 Å². The van der Waals surface area contributed by atoms with Crippen LogP contribution >= 0.6 is 0 Å². The van der Waals surface area contributed by atoms with Crippen LogP contribution in [0.1, 0.15) is 49.7 Å². The van der Waals surface area contributed by atoms with Gasteiger partial charge in [0, 0.05) is 31.4 Å². The fourth-order valence-electron chi connectivity index (χ4n) is 3.91. The van der Waals surface area contributed by atoms with Crippen molar-refractivity contribution in [2.75, 3.05) is 13.2 Å². The molecule has 0 bridgehead atoms. The van der Waals surface area contributed by atoms with E-state index >= 15 is 0 Å². The molecule has 1 saturated heterocycles. The predicted molar refractivity (Wildman–Crippen MR) is 78.4 cm³/mol. The lowest BCUT2D eigenvalue weighted by Gasteiger charge is -2.39. The van der Waals surface area contributed by atoms with Crippen LogP contribution in [0.5, 0.6) is 0 Å². The molecule has 1 N–H and O–H groups in total. The minimum atomic E-state index is -2.39. The maximum Gasteiger partial charge on any atom is 0.263 e. The molecule has 4 heteroatoms. The normalized spacial score (nSPS) is 24.8. The first kappa shape index (κ1) is 14.9. The summed E-state index contributed by atoms with van der Waals surface area (Å²) in [5.41, 5.74) is 1.43. The average Bonchev–Trinajstić information content (AvgIpc) is 2.88. The van der Waals surface area contributed by atoms with E-state index in [1.165, 1.54) is 25.3 Å². The minimum absolute atomic E-state index is 0.113. The van der Waals surface area contributed by atoms with E-state index in [9.17, 15) is 8.78 Å². The zero-order chi connectivity index (χ0) is 14.7. The highest BCUT2D eigenvalue weighted by Crippen LogP contribution is 2.46. The van der Waals surface area contributed by atoms with Gasteiger partial charge >= 0.3 is 0 Å². The van der Waals surface area contributed by atoms with Crippen LogP contribution in [0, 0.1) is 5.41 Å². The lowest BCUT2D eigenvalue weighted by atomic mass is 9.75. The summed E-state index contributed by atoms with van der Waals surface area (Å²) in [5.74, 6) is 0. The van der Waals surface area contributed by atoms with Crippen molar-refractivity contribution in [2.45, 2.75) is 51.1 Å². The summed E-state index contributed by atoms with van der Waals surface area (Å²) in [7, 11) is 0. The number of hydrogen-bond acceptors (Lipinski definition) is 2. The van der Waals surface area contributed by atoms with Gasteiger partial charge in [-0.3, -0.25) is 0 Å². The average molecular weight is 295 g/mol. The van der Waals surface area contributed by atoms with Crippen LogP contribution in [0.2, 0.25) is 0 Å². The Balaban J connectivity index is 1.63. The highest BCUT2D eigenvalue weighted by molar-refractivity contribution is 5.24. The van der Waals surface area contributed by atoms with Crippen molar-refractivity contribution < 1.29 is 13.5 Å². The van der Waals surface area contributed by atoms with Crippen LogP contribution in [0.3, 0.4) is 0 Å². The molecule has 21 heavy (non-hydrogen) atoms. The molecule has 1 unspecified atom stereocenters. The van der Waals surface area contributed by atoms with E-state index in [2.05, 4.69) is 5.32 Å². The fraction of sp³-hybridized carbons (Fsp3) is 0.647. The molecule has 1 atom stereocenters. The Hall–Kier alpha value is -1.00. The standard InChI is InChI=1S/C17H23F2NO/c18-16(19)14-4-1-3-13(11-14)12-20-15-5-2-6-17(15)7-9-21-10-8-17/h1,3-4,11,15-16,20H,2,5-10,12H2. The molecule has 3 rings (SSSR count). The molecule has 2 aliphatic rings. The highest BCUT2D eigenvalue weighted by atomic mass is 19.3. The summed E-state index contributed by atoms with van der Waals surface area (Å²) in [6.45, 7) is 2.39. The van der Waals surface area contributed by atoms with Gasteiger partial charge in [-0.1, -0.05) is 24.6 Å². The van der Waals surface area contributed by atoms with Crippen molar-refractivity contribution >= 4 is 0 Å². The van der Waals surface area contributed by atoms with Crippen LogP contribution in [-0.4, -0.2) is 19.3 Å². The molecule has 0 amide bonds. The summed E-state index contributed by atoms with van der Waals surface area (Å²) in [4.78, 5) is 0. The van der Waals surface area contributed by atoms with Crippen LogP contribution in [-0.2, 0) is 11.3 Å². The number of nitrogens with one attached hydrogen (secondary N) is 1. The number of rotatable bonds is 4. The van der Waals surface area contributed by atoms with E-state index in [4.69, 9.17) is 4.74 Å². The highest BCUT2D eigenvalue weighted by Gasteiger charge is 2.43. The van der Waals surface area contributed by atoms with Gasteiger partial charge in [-0.2, -0.15) is 0 Å². The molecule has 1 aliphatic carbocycles. The molecule has 2 fully saturated rings. The maximum atomic E-state index is 12.7. The van der Waals surface area contributed by atoms with Crippen molar-refractivity contribution in [3.8, 4) is 0 Å². The monoisotopic (exact) mass is 295 g/mol. The minimum Gasteiger partial charge on any atom is -0.381 e. The van der Waals surface area contributed by atoms with Crippen LogP contribution in [0.25, 0.3) is 0 Å². The van der Waals surface area contributed by atoms with Gasteiger partial charge < -0.3 is 10.1 Å². The molecule has 1 saturated carbocycles. The molecule has 2 nitrogen and oxygen atoms in total. The van der Waals surface area contributed by atoms with Gasteiger partial charge in [0.1, 0.15) is 0 Å². The zero-order valence-electron chi connectivity index (χ0n) is 12.3. The second-order valence-corrected chi connectivity index (χ2v) is 6.35. The molecule has 1 aromatic rings. The second-order valence-electron chi connectivity index (χ2n) is 6.35. The first-order valence-corrected chi connectivity index (χ1v) is 7.88. The quantitative estimate of drug-likeness (QED) is 0.904. The third kappa shape index (κ3) is 3.27. The van der Waals surface area contributed by atoms with Gasteiger partial charge in [0.2, 0.25) is 0 Å². The van der Waals surface area contributed by atoms with Crippen molar-refractivity contribution in [2.24, 2.45) is 5.41 Å². The number of halogens is 2. The zero-order valence-corrected chi connectivity index (χ0v) is 12.3. The summed E-state index contributed by atoms with van der Waals surface area (Å²) in [6.07, 6.45) is 3.58. The van der Waals surface area contributed by atoms with Crippen molar-refractivity contribution in [1.29, 1.82) is 0 Å². The van der Waals surface area contributed by atoms with Crippen molar-refractivity contribution in [3.63, 3.8) is 0 Å². The predicted octanol–water partition coefficient (Wildman–Crippen LogP) is 4.06. The van der Waals surface area contributed by atoms with E-state index in [-0.39, 0.29) is 5.56 Å². The second kappa shape index (κ2) is 6.41. The molecule has 0 radical (unpaired) electrons. The smallest absolute Gasteiger partial charge is 0.263 e.